The largest absolute Gasteiger partial charge is 0.497 e. The highest BCUT2D eigenvalue weighted by Crippen LogP contribution is 2.24. The molecule has 5 nitrogen and oxygen atoms in total. The molecular formula is C12H16O5. The predicted octanol–water partition coefficient (Wildman–Crippen LogP) is 2.20. The van der Waals surface area contributed by atoms with Gasteiger partial charge in [0.25, 0.3) is 0 Å². The van der Waals surface area contributed by atoms with Crippen molar-refractivity contribution in [2.24, 2.45) is 0 Å². The first kappa shape index (κ1) is 13.3. The Morgan fingerprint density at radius 3 is 2.59 bits per heavy atom. The van der Waals surface area contributed by atoms with Crippen LogP contribution in [-0.4, -0.2) is 26.8 Å². The van der Waals surface area contributed by atoms with Crippen LogP contribution in [0, 0.1) is 0 Å². The van der Waals surface area contributed by atoms with Crippen LogP contribution in [0.3, 0.4) is 0 Å². The van der Waals surface area contributed by atoms with Gasteiger partial charge in [-0.25, -0.2) is 4.79 Å². The minimum absolute atomic E-state index is 0.267. The van der Waals surface area contributed by atoms with E-state index < -0.39 is 5.97 Å². The number of carbonyl (C=O) groups is 1. The topological polar surface area (TPSA) is 54.0 Å². The first-order valence-corrected chi connectivity index (χ1v) is 5.28. The maximum Gasteiger partial charge on any atom is 0.376 e. The third kappa shape index (κ3) is 3.64. The van der Waals surface area contributed by atoms with Crippen molar-refractivity contribution in [3.63, 3.8) is 0 Å². The van der Waals surface area contributed by atoms with Crippen LogP contribution in [0.5, 0.6) is 11.5 Å². The van der Waals surface area contributed by atoms with Crippen LogP contribution >= 0.6 is 0 Å². The summed E-state index contributed by atoms with van der Waals surface area (Å²) in [6, 6.07) is 4.87. The van der Waals surface area contributed by atoms with Gasteiger partial charge >= 0.3 is 5.97 Å². The van der Waals surface area contributed by atoms with Gasteiger partial charge in [-0.15, -0.1) is 0 Å². The molecule has 0 atom stereocenters. The van der Waals surface area contributed by atoms with Gasteiger partial charge in [-0.3, -0.25) is 4.89 Å². The van der Waals surface area contributed by atoms with Crippen molar-refractivity contribution in [1.82, 2.24) is 0 Å². The van der Waals surface area contributed by atoms with Gasteiger partial charge in [-0.05, 0) is 24.6 Å². The van der Waals surface area contributed by atoms with E-state index in [1.165, 1.54) is 20.3 Å². The number of rotatable bonds is 6. The fourth-order valence-corrected chi connectivity index (χ4v) is 1.20. The standard InChI is InChI=1S/C12H16O5/c1-4-7-16-17-12(13)10-8-9(14-2)5-6-11(10)15-3/h5-6,8H,4,7H2,1-3H3. The van der Waals surface area contributed by atoms with Crippen molar-refractivity contribution < 1.29 is 24.0 Å². The molecule has 0 aromatic heterocycles. The lowest BCUT2D eigenvalue weighted by Gasteiger charge is -2.09. The Morgan fingerprint density at radius 1 is 1.24 bits per heavy atom. The SMILES string of the molecule is CCCOOC(=O)c1cc(OC)ccc1OC. The van der Waals surface area contributed by atoms with Gasteiger partial charge < -0.3 is 9.47 Å². The Balaban J connectivity index is 2.82. The lowest BCUT2D eigenvalue weighted by molar-refractivity contribution is -0.240. The molecule has 94 valence electrons. The molecule has 0 saturated carbocycles. The van der Waals surface area contributed by atoms with E-state index in [1.54, 1.807) is 12.1 Å². The van der Waals surface area contributed by atoms with Crippen LogP contribution in [-0.2, 0) is 9.78 Å². The van der Waals surface area contributed by atoms with Crippen molar-refractivity contribution >= 4 is 5.97 Å². The van der Waals surface area contributed by atoms with Crippen LogP contribution < -0.4 is 9.47 Å². The minimum Gasteiger partial charge on any atom is -0.497 e. The average molecular weight is 240 g/mol. The van der Waals surface area contributed by atoms with Crippen LogP contribution in [0.1, 0.15) is 23.7 Å². The number of ether oxygens (including phenoxy) is 2. The Bertz CT molecular complexity index is 375. The Morgan fingerprint density at radius 2 is 2.00 bits per heavy atom. The Kier molecular flexibility index (Phi) is 5.29. The second kappa shape index (κ2) is 6.75. The maximum atomic E-state index is 11.7. The normalized spacial score (nSPS) is 9.82. The Hall–Kier alpha value is -1.75. The Labute approximate surface area is 100 Å². The van der Waals surface area contributed by atoms with E-state index in [1.807, 2.05) is 6.92 Å². The van der Waals surface area contributed by atoms with Crippen molar-refractivity contribution in [1.29, 1.82) is 0 Å². The fourth-order valence-electron chi connectivity index (χ4n) is 1.20. The lowest BCUT2D eigenvalue weighted by Crippen LogP contribution is -2.08. The number of methoxy groups -OCH3 is 2. The highest BCUT2D eigenvalue weighted by molar-refractivity contribution is 5.92. The van der Waals surface area contributed by atoms with Crippen molar-refractivity contribution in [2.75, 3.05) is 20.8 Å². The average Bonchev–Trinajstić information content (AvgIpc) is 2.38. The molecule has 0 N–H and O–H groups in total. The molecule has 0 aliphatic carbocycles. The molecule has 0 spiro atoms. The summed E-state index contributed by atoms with van der Waals surface area (Å²) in [5.74, 6) is 0.360. The van der Waals surface area contributed by atoms with Gasteiger partial charge in [0, 0.05) is 0 Å². The molecule has 0 fully saturated rings. The summed E-state index contributed by atoms with van der Waals surface area (Å²) in [4.78, 5) is 21.0. The summed E-state index contributed by atoms with van der Waals surface area (Å²) in [6.07, 6.45) is 0.766. The molecular weight excluding hydrogens is 224 g/mol. The smallest absolute Gasteiger partial charge is 0.376 e. The third-order valence-electron chi connectivity index (χ3n) is 2.05. The molecule has 0 aliphatic heterocycles. The van der Waals surface area contributed by atoms with E-state index in [4.69, 9.17) is 14.4 Å². The summed E-state index contributed by atoms with van der Waals surface area (Å²) in [6.45, 7) is 2.28. The fraction of sp³-hybridized carbons (Fsp3) is 0.417. The zero-order chi connectivity index (χ0) is 12.7. The van der Waals surface area contributed by atoms with Crippen LogP contribution in [0.4, 0.5) is 0 Å². The predicted molar refractivity (Wildman–Crippen MR) is 61.2 cm³/mol. The van der Waals surface area contributed by atoms with Crippen molar-refractivity contribution in [3.8, 4) is 11.5 Å². The summed E-state index contributed by atoms with van der Waals surface area (Å²) in [7, 11) is 3.00. The molecule has 0 saturated heterocycles. The van der Waals surface area contributed by atoms with Crippen LogP contribution in [0.15, 0.2) is 18.2 Å². The molecule has 0 aliphatic rings. The summed E-state index contributed by atoms with van der Waals surface area (Å²) >= 11 is 0. The van der Waals surface area contributed by atoms with E-state index in [9.17, 15) is 4.79 Å². The second-order valence-electron chi connectivity index (χ2n) is 3.26. The molecule has 0 radical (unpaired) electrons. The zero-order valence-electron chi connectivity index (χ0n) is 10.2. The first-order chi connectivity index (χ1) is 8.22. The molecule has 0 unspecified atom stereocenters. The van der Waals surface area contributed by atoms with Gasteiger partial charge in [0.1, 0.15) is 17.1 Å². The molecule has 1 rings (SSSR count). The molecule has 1 aromatic carbocycles. The van der Waals surface area contributed by atoms with Crippen LogP contribution in [0.2, 0.25) is 0 Å². The number of hydrogen-bond donors (Lipinski definition) is 0. The number of carbonyl (C=O) groups excluding carboxylic acids is 1. The van der Waals surface area contributed by atoms with Crippen molar-refractivity contribution in [3.05, 3.63) is 23.8 Å². The van der Waals surface area contributed by atoms with E-state index in [0.717, 1.165) is 6.42 Å². The molecule has 0 heterocycles. The van der Waals surface area contributed by atoms with E-state index in [-0.39, 0.29) is 5.56 Å². The number of hydrogen-bond acceptors (Lipinski definition) is 5. The number of benzene rings is 1. The van der Waals surface area contributed by atoms with Gasteiger partial charge in [-0.1, -0.05) is 6.92 Å². The molecule has 17 heavy (non-hydrogen) atoms. The quantitative estimate of drug-likeness (QED) is 0.433. The highest BCUT2D eigenvalue weighted by Gasteiger charge is 2.16. The zero-order valence-corrected chi connectivity index (χ0v) is 10.2. The van der Waals surface area contributed by atoms with Gasteiger partial charge in [0.15, 0.2) is 0 Å². The maximum absolute atomic E-state index is 11.7. The van der Waals surface area contributed by atoms with E-state index >= 15 is 0 Å². The first-order valence-electron chi connectivity index (χ1n) is 5.28. The summed E-state index contributed by atoms with van der Waals surface area (Å²) in [5, 5.41) is 0. The van der Waals surface area contributed by atoms with Gasteiger partial charge in [-0.2, -0.15) is 4.89 Å². The second-order valence-corrected chi connectivity index (χ2v) is 3.26. The monoisotopic (exact) mass is 240 g/mol. The lowest BCUT2D eigenvalue weighted by atomic mass is 10.2. The summed E-state index contributed by atoms with van der Waals surface area (Å²) in [5.41, 5.74) is 0.267. The molecule has 1 aromatic rings. The third-order valence-corrected chi connectivity index (χ3v) is 2.05. The minimum atomic E-state index is -0.603. The van der Waals surface area contributed by atoms with Gasteiger partial charge in [0.05, 0.1) is 20.8 Å². The summed E-state index contributed by atoms with van der Waals surface area (Å²) < 4.78 is 10.1. The molecule has 5 heteroatoms. The van der Waals surface area contributed by atoms with Gasteiger partial charge in [0.2, 0.25) is 0 Å². The van der Waals surface area contributed by atoms with E-state index in [0.29, 0.717) is 18.1 Å². The van der Waals surface area contributed by atoms with Crippen LogP contribution in [0.25, 0.3) is 0 Å². The van der Waals surface area contributed by atoms with Crippen molar-refractivity contribution in [2.45, 2.75) is 13.3 Å². The van der Waals surface area contributed by atoms with E-state index in [2.05, 4.69) is 4.89 Å². The molecule has 0 amide bonds. The highest BCUT2D eigenvalue weighted by atomic mass is 17.2. The molecule has 0 bridgehead atoms.